The largest absolute Gasteiger partial charge is 0.462 e. The number of ether oxygens (including phenoxy) is 3. The lowest BCUT2D eigenvalue weighted by Crippen LogP contribution is -2.30. The first kappa shape index (κ1) is 51.4. The Morgan fingerprint density at radius 1 is 0.302 bits per heavy atom. The Hall–Kier alpha value is -1.59. The minimum atomic E-state index is -0.756. The van der Waals surface area contributed by atoms with Crippen LogP contribution < -0.4 is 0 Å². The fraction of sp³-hybridized carbons (Fsp3) is 0.936. The van der Waals surface area contributed by atoms with Crippen molar-refractivity contribution < 1.29 is 28.6 Å². The molecule has 6 heteroatoms. The van der Waals surface area contributed by atoms with E-state index in [1.807, 2.05) is 0 Å². The third-order valence-corrected chi connectivity index (χ3v) is 10.6. The molecule has 6 nitrogen and oxygen atoms in total. The van der Waals surface area contributed by atoms with Gasteiger partial charge in [0.1, 0.15) is 13.2 Å². The molecule has 0 fully saturated rings. The van der Waals surface area contributed by atoms with Crippen molar-refractivity contribution in [3.05, 3.63) is 0 Å². The highest BCUT2D eigenvalue weighted by molar-refractivity contribution is 5.71. The molecule has 0 heterocycles. The van der Waals surface area contributed by atoms with Crippen LogP contribution in [0.2, 0.25) is 0 Å². The highest BCUT2D eigenvalue weighted by atomic mass is 16.6. The summed E-state index contributed by atoms with van der Waals surface area (Å²) in [6.45, 7) is 6.58. The van der Waals surface area contributed by atoms with E-state index in [1.165, 1.54) is 161 Å². The third-order valence-electron chi connectivity index (χ3n) is 10.6. The molecular weight excluding hydrogens is 661 g/mol. The summed E-state index contributed by atoms with van der Waals surface area (Å²) in [7, 11) is 0. The molecule has 0 bridgehead atoms. The average Bonchev–Trinajstić information content (AvgIpc) is 3.15. The van der Waals surface area contributed by atoms with Gasteiger partial charge in [0.2, 0.25) is 0 Å². The van der Waals surface area contributed by atoms with E-state index in [2.05, 4.69) is 20.8 Å². The smallest absolute Gasteiger partial charge is 0.306 e. The minimum Gasteiger partial charge on any atom is -0.462 e. The van der Waals surface area contributed by atoms with E-state index in [1.54, 1.807) is 0 Å². The third kappa shape index (κ3) is 41.4. The van der Waals surface area contributed by atoms with E-state index in [9.17, 15) is 14.4 Å². The summed E-state index contributed by atoms with van der Waals surface area (Å²) in [4.78, 5) is 37.5. The molecule has 0 aliphatic rings. The predicted molar refractivity (Wildman–Crippen MR) is 224 cm³/mol. The first-order chi connectivity index (χ1) is 26.0. The monoisotopic (exact) mass is 751 g/mol. The van der Waals surface area contributed by atoms with E-state index in [-0.39, 0.29) is 31.1 Å². The number of hydrogen-bond donors (Lipinski definition) is 0. The Bertz CT molecular complexity index is 783. The van der Waals surface area contributed by atoms with Crippen LogP contribution in [0.15, 0.2) is 0 Å². The first-order valence-electron chi connectivity index (χ1n) is 23.5. The predicted octanol–water partition coefficient (Wildman–Crippen LogP) is 14.9. The molecule has 0 aromatic heterocycles. The molecule has 0 saturated heterocycles. The van der Waals surface area contributed by atoms with Crippen molar-refractivity contribution >= 4 is 17.9 Å². The quantitative estimate of drug-likeness (QED) is 0.0351. The number of carbonyl (C=O) groups excluding carboxylic acids is 3. The van der Waals surface area contributed by atoms with Crippen LogP contribution in [0.4, 0.5) is 0 Å². The molecule has 0 saturated carbocycles. The maximum atomic E-state index is 12.6. The van der Waals surface area contributed by atoms with Crippen molar-refractivity contribution in [2.75, 3.05) is 13.2 Å². The average molecular weight is 751 g/mol. The van der Waals surface area contributed by atoms with Gasteiger partial charge in [-0.15, -0.1) is 0 Å². The van der Waals surface area contributed by atoms with E-state index in [0.717, 1.165) is 64.2 Å². The van der Waals surface area contributed by atoms with Gasteiger partial charge < -0.3 is 14.2 Å². The summed E-state index contributed by atoms with van der Waals surface area (Å²) in [5.41, 5.74) is 0. The van der Waals surface area contributed by atoms with Crippen molar-refractivity contribution in [2.24, 2.45) is 0 Å². The molecule has 0 amide bonds. The molecular formula is C47H90O6. The Kier molecular flexibility index (Phi) is 41.8. The van der Waals surface area contributed by atoms with E-state index in [0.29, 0.717) is 19.3 Å². The lowest BCUT2D eigenvalue weighted by molar-refractivity contribution is -0.167. The van der Waals surface area contributed by atoms with Gasteiger partial charge in [0, 0.05) is 19.3 Å². The van der Waals surface area contributed by atoms with Crippen LogP contribution in [0.5, 0.6) is 0 Å². The highest BCUT2D eigenvalue weighted by Crippen LogP contribution is 2.16. The minimum absolute atomic E-state index is 0.0636. The van der Waals surface area contributed by atoms with Gasteiger partial charge in [-0.3, -0.25) is 14.4 Å². The second kappa shape index (κ2) is 43.1. The van der Waals surface area contributed by atoms with Gasteiger partial charge in [0.15, 0.2) is 6.10 Å². The topological polar surface area (TPSA) is 78.9 Å². The van der Waals surface area contributed by atoms with E-state index in [4.69, 9.17) is 14.2 Å². The SMILES string of the molecule is CCCCCCCCCCCCCCCCCCCCC(=O)OC[C@H](COC(=O)CCCCCCC)OC(=O)CCCCCCCCCCCCCC. The van der Waals surface area contributed by atoms with Crippen LogP contribution in [-0.2, 0) is 28.6 Å². The van der Waals surface area contributed by atoms with Gasteiger partial charge in [0.25, 0.3) is 0 Å². The van der Waals surface area contributed by atoms with E-state index >= 15 is 0 Å². The molecule has 314 valence electrons. The lowest BCUT2D eigenvalue weighted by Gasteiger charge is -2.18. The molecule has 0 aromatic carbocycles. The zero-order chi connectivity index (χ0) is 38.7. The Labute approximate surface area is 329 Å². The number of carbonyl (C=O) groups is 3. The normalized spacial score (nSPS) is 11.8. The van der Waals surface area contributed by atoms with Gasteiger partial charge in [0.05, 0.1) is 0 Å². The molecule has 53 heavy (non-hydrogen) atoms. The summed E-state index contributed by atoms with van der Waals surface area (Å²) >= 11 is 0. The van der Waals surface area contributed by atoms with E-state index < -0.39 is 6.10 Å². The van der Waals surface area contributed by atoms with Crippen LogP contribution >= 0.6 is 0 Å². The lowest BCUT2D eigenvalue weighted by atomic mass is 10.0. The fourth-order valence-corrected chi connectivity index (χ4v) is 7.03. The molecule has 0 aromatic rings. The van der Waals surface area contributed by atoms with Gasteiger partial charge >= 0.3 is 17.9 Å². The van der Waals surface area contributed by atoms with Gasteiger partial charge in [-0.1, -0.05) is 226 Å². The summed E-state index contributed by atoms with van der Waals surface area (Å²) in [5.74, 6) is -0.864. The Morgan fingerprint density at radius 3 is 0.755 bits per heavy atom. The molecule has 0 rings (SSSR count). The van der Waals surface area contributed by atoms with Crippen molar-refractivity contribution in [1.82, 2.24) is 0 Å². The summed E-state index contributed by atoms with van der Waals surface area (Å²) in [6.07, 6.45) is 44.0. The second-order valence-corrected chi connectivity index (χ2v) is 16.0. The molecule has 0 N–H and O–H groups in total. The maximum Gasteiger partial charge on any atom is 0.306 e. The maximum absolute atomic E-state index is 12.6. The van der Waals surface area contributed by atoms with Crippen molar-refractivity contribution in [3.8, 4) is 0 Å². The van der Waals surface area contributed by atoms with Crippen molar-refractivity contribution in [2.45, 2.75) is 271 Å². The Morgan fingerprint density at radius 2 is 0.509 bits per heavy atom. The van der Waals surface area contributed by atoms with Crippen LogP contribution in [0.1, 0.15) is 265 Å². The molecule has 0 aliphatic heterocycles. The number of unbranched alkanes of at least 4 members (excludes halogenated alkanes) is 32. The summed E-state index contributed by atoms with van der Waals surface area (Å²) in [5, 5.41) is 0. The van der Waals surface area contributed by atoms with Crippen LogP contribution in [-0.4, -0.2) is 37.2 Å². The standard InChI is InChI=1S/C47H90O6/c1-4-7-10-13-15-17-19-21-22-23-24-25-26-28-29-31-34-37-40-46(49)52-43-44(42-51-45(48)39-36-33-12-9-6-3)53-47(50)41-38-35-32-30-27-20-18-16-14-11-8-5-2/h44H,4-43H2,1-3H3/t44-/m0/s1. The zero-order valence-corrected chi connectivity index (χ0v) is 35.8. The second-order valence-electron chi connectivity index (χ2n) is 16.0. The van der Waals surface area contributed by atoms with Gasteiger partial charge in [-0.2, -0.15) is 0 Å². The summed E-state index contributed by atoms with van der Waals surface area (Å²) in [6, 6.07) is 0. The van der Waals surface area contributed by atoms with Gasteiger partial charge in [-0.05, 0) is 19.3 Å². The molecule has 0 spiro atoms. The number of hydrogen-bond acceptors (Lipinski definition) is 6. The van der Waals surface area contributed by atoms with Crippen molar-refractivity contribution in [3.63, 3.8) is 0 Å². The number of esters is 3. The first-order valence-corrected chi connectivity index (χ1v) is 23.5. The zero-order valence-electron chi connectivity index (χ0n) is 35.8. The molecule has 0 aliphatic carbocycles. The van der Waals surface area contributed by atoms with Crippen LogP contribution in [0, 0.1) is 0 Å². The fourth-order valence-electron chi connectivity index (χ4n) is 7.03. The van der Waals surface area contributed by atoms with Crippen molar-refractivity contribution in [1.29, 1.82) is 0 Å². The number of rotatable bonds is 43. The highest BCUT2D eigenvalue weighted by Gasteiger charge is 2.19. The summed E-state index contributed by atoms with van der Waals surface area (Å²) < 4.78 is 16.6. The van der Waals surface area contributed by atoms with Crippen LogP contribution in [0.25, 0.3) is 0 Å². The van der Waals surface area contributed by atoms with Gasteiger partial charge in [-0.25, -0.2) is 0 Å². The molecule has 0 radical (unpaired) electrons. The molecule has 1 atom stereocenters. The Balaban J connectivity index is 4.11. The van der Waals surface area contributed by atoms with Crippen LogP contribution in [0.3, 0.4) is 0 Å². The molecule has 0 unspecified atom stereocenters.